The zero-order valence-electron chi connectivity index (χ0n) is 8.30. The minimum absolute atomic E-state index is 0.531. The molecule has 0 saturated heterocycles. The molecule has 0 heterocycles. The maximum Gasteiger partial charge on any atom is 0.0915 e. The first-order valence-electron chi connectivity index (χ1n) is 4.56. The molecule has 0 radical (unpaired) electrons. The third-order valence-electron chi connectivity index (χ3n) is 2.62. The Morgan fingerprint density at radius 1 is 1.77 bits per heavy atom. The summed E-state index contributed by atoms with van der Waals surface area (Å²) in [7, 11) is 0. The Morgan fingerprint density at radius 2 is 2.46 bits per heavy atom. The van der Waals surface area contributed by atoms with Gasteiger partial charge in [0.05, 0.1) is 6.07 Å². The maximum absolute atomic E-state index is 8.59. The van der Waals surface area contributed by atoms with E-state index in [2.05, 4.69) is 32.6 Å². The van der Waals surface area contributed by atoms with Gasteiger partial charge in [-0.3, -0.25) is 0 Å². The molecule has 1 nitrogen and oxygen atoms in total. The molecule has 13 heavy (non-hydrogen) atoms. The molecular weight excluding hydrogens is 158 g/mol. The molecule has 1 heteroatoms. The summed E-state index contributed by atoms with van der Waals surface area (Å²) in [6.07, 6.45) is 5.90. The Balaban J connectivity index is 2.85. The Labute approximate surface area is 80.1 Å². The molecule has 0 bridgehead atoms. The quantitative estimate of drug-likeness (QED) is 0.440. The van der Waals surface area contributed by atoms with Crippen LogP contribution in [0.1, 0.15) is 26.7 Å². The summed E-state index contributed by atoms with van der Waals surface area (Å²) in [4.78, 5) is 0. The van der Waals surface area contributed by atoms with Gasteiger partial charge in [0.1, 0.15) is 0 Å². The van der Waals surface area contributed by atoms with Crippen LogP contribution in [0.2, 0.25) is 0 Å². The highest BCUT2D eigenvalue weighted by atomic mass is 14.2. The third kappa shape index (κ3) is 2.32. The number of nitriles is 1. The molecule has 0 aromatic heterocycles. The van der Waals surface area contributed by atoms with Crippen molar-refractivity contribution in [2.45, 2.75) is 26.7 Å². The molecule has 68 valence electrons. The number of hydrogen-bond donors (Lipinski definition) is 0. The van der Waals surface area contributed by atoms with Crippen molar-refractivity contribution < 1.29 is 0 Å². The summed E-state index contributed by atoms with van der Waals surface area (Å²) in [5.41, 5.74) is 3.63. The normalized spacial score (nSPS) is 25.2. The second kappa shape index (κ2) is 4.09. The highest BCUT2D eigenvalue weighted by Gasteiger charge is 2.16. The van der Waals surface area contributed by atoms with Crippen LogP contribution in [0, 0.1) is 17.2 Å². The Kier molecular flexibility index (Phi) is 3.08. The topological polar surface area (TPSA) is 23.8 Å². The van der Waals surface area contributed by atoms with Crippen LogP contribution in [0.5, 0.6) is 0 Å². The van der Waals surface area contributed by atoms with Gasteiger partial charge in [0.15, 0.2) is 0 Å². The third-order valence-corrected chi connectivity index (χ3v) is 2.62. The molecule has 0 aliphatic heterocycles. The van der Waals surface area contributed by atoms with Crippen molar-refractivity contribution >= 4 is 0 Å². The SMILES string of the molecule is C=C(C)C1CC=C(C)/C(=C/C#N)C1. The number of nitrogens with zero attached hydrogens (tertiary/aromatic N) is 1. The van der Waals surface area contributed by atoms with Crippen molar-refractivity contribution in [3.8, 4) is 6.07 Å². The molecule has 0 fully saturated rings. The minimum atomic E-state index is 0.531. The first-order valence-corrected chi connectivity index (χ1v) is 4.56. The van der Waals surface area contributed by atoms with E-state index in [1.165, 1.54) is 16.7 Å². The molecule has 1 rings (SSSR count). The summed E-state index contributed by atoms with van der Waals surface area (Å²) >= 11 is 0. The van der Waals surface area contributed by atoms with E-state index in [1.807, 2.05) is 0 Å². The van der Waals surface area contributed by atoms with Gasteiger partial charge in [-0.15, -0.1) is 0 Å². The van der Waals surface area contributed by atoms with Gasteiger partial charge in [0.2, 0.25) is 0 Å². The molecule has 0 aromatic carbocycles. The van der Waals surface area contributed by atoms with E-state index in [0.29, 0.717) is 5.92 Å². The van der Waals surface area contributed by atoms with Gasteiger partial charge in [-0.2, -0.15) is 5.26 Å². The van der Waals surface area contributed by atoms with Crippen LogP contribution in [-0.4, -0.2) is 0 Å². The molecule has 0 spiro atoms. The molecule has 1 atom stereocenters. The van der Waals surface area contributed by atoms with Crippen molar-refractivity contribution in [1.29, 1.82) is 5.26 Å². The molecule has 0 amide bonds. The van der Waals surface area contributed by atoms with E-state index in [4.69, 9.17) is 5.26 Å². The van der Waals surface area contributed by atoms with E-state index < -0.39 is 0 Å². The zero-order chi connectivity index (χ0) is 9.84. The van der Waals surface area contributed by atoms with Crippen LogP contribution in [0.3, 0.4) is 0 Å². The summed E-state index contributed by atoms with van der Waals surface area (Å²) in [6.45, 7) is 8.08. The summed E-state index contributed by atoms with van der Waals surface area (Å²) in [6, 6.07) is 2.09. The van der Waals surface area contributed by atoms with Crippen molar-refractivity contribution in [3.05, 3.63) is 35.5 Å². The highest BCUT2D eigenvalue weighted by Crippen LogP contribution is 2.31. The Bertz CT molecular complexity index is 313. The molecule has 1 aliphatic rings. The van der Waals surface area contributed by atoms with Crippen LogP contribution >= 0.6 is 0 Å². The second-order valence-electron chi connectivity index (χ2n) is 3.67. The van der Waals surface area contributed by atoms with Crippen LogP contribution < -0.4 is 0 Å². The van der Waals surface area contributed by atoms with Crippen molar-refractivity contribution in [1.82, 2.24) is 0 Å². The molecular formula is C12H15N. The average Bonchev–Trinajstić information content (AvgIpc) is 2.08. The van der Waals surface area contributed by atoms with Crippen molar-refractivity contribution in [2.24, 2.45) is 5.92 Å². The summed E-state index contributed by atoms with van der Waals surface area (Å²) in [5.74, 6) is 0.531. The van der Waals surface area contributed by atoms with E-state index in [0.717, 1.165) is 12.8 Å². The van der Waals surface area contributed by atoms with Crippen molar-refractivity contribution in [2.75, 3.05) is 0 Å². The van der Waals surface area contributed by atoms with Crippen LogP contribution in [-0.2, 0) is 0 Å². The largest absolute Gasteiger partial charge is 0.193 e. The predicted octanol–water partition coefficient (Wildman–Crippen LogP) is 3.37. The van der Waals surface area contributed by atoms with Gasteiger partial charge in [-0.05, 0) is 38.2 Å². The first kappa shape index (κ1) is 9.80. The number of allylic oxidation sites excluding steroid dienone is 5. The molecule has 0 saturated carbocycles. The highest BCUT2D eigenvalue weighted by molar-refractivity contribution is 5.36. The van der Waals surface area contributed by atoms with Gasteiger partial charge in [-0.25, -0.2) is 0 Å². The smallest absolute Gasteiger partial charge is 0.0915 e. The van der Waals surface area contributed by atoms with Gasteiger partial charge in [0, 0.05) is 6.08 Å². The van der Waals surface area contributed by atoms with E-state index in [-0.39, 0.29) is 0 Å². The second-order valence-corrected chi connectivity index (χ2v) is 3.67. The monoisotopic (exact) mass is 173 g/mol. The lowest BCUT2D eigenvalue weighted by molar-refractivity contribution is 0.601. The number of hydrogen-bond acceptors (Lipinski definition) is 1. The molecule has 0 aromatic rings. The lowest BCUT2D eigenvalue weighted by Crippen LogP contribution is -2.07. The fraction of sp³-hybridized carbons (Fsp3) is 0.417. The lowest BCUT2D eigenvalue weighted by Gasteiger charge is -2.22. The summed E-state index contributed by atoms with van der Waals surface area (Å²) in [5, 5.41) is 8.59. The van der Waals surface area contributed by atoms with Crippen LogP contribution in [0.4, 0.5) is 0 Å². The molecule has 1 aliphatic carbocycles. The maximum atomic E-state index is 8.59. The summed E-state index contributed by atoms with van der Waals surface area (Å²) < 4.78 is 0. The lowest BCUT2D eigenvalue weighted by atomic mass is 9.82. The van der Waals surface area contributed by atoms with E-state index in [9.17, 15) is 0 Å². The molecule has 1 unspecified atom stereocenters. The Morgan fingerprint density at radius 3 is 3.00 bits per heavy atom. The van der Waals surface area contributed by atoms with Gasteiger partial charge in [0.25, 0.3) is 0 Å². The molecule has 0 N–H and O–H groups in total. The zero-order valence-corrected chi connectivity index (χ0v) is 8.30. The van der Waals surface area contributed by atoms with E-state index >= 15 is 0 Å². The fourth-order valence-corrected chi connectivity index (χ4v) is 1.59. The minimum Gasteiger partial charge on any atom is -0.193 e. The average molecular weight is 173 g/mol. The van der Waals surface area contributed by atoms with E-state index in [1.54, 1.807) is 6.08 Å². The fourth-order valence-electron chi connectivity index (χ4n) is 1.59. The number of rotatable bonds is 1. The van der Waals surface area contributed by atoms with Gasteiger partial charge in [-0.1, -0.05) is 23.8 Å². The Hall–Kier alpha value is -1.29. The van der Waals surface area contributed by atoms with Crippen LogP contribution in [0.25, 0.3) is 0 Å². The predicted molar refractivity (Wildman–Crippen MR) is 55.0 cm³/mol. The van der Waals surface area contributed by atoms with Crippen molar-refractivity contribution in [3.63, 3.8) is 0 Å². The van der Waals surface area contributed by atoms with Gasteiger partial charge < -0.3 is 0 Å². The standard InChI is InChI=1S/C12H15N/c1-9(2)11-5-4-10(3)12(8-11)6-7-13/h4,6,11H,1,5,8H2,2-3H3/b12-6+. The first-order chi connectivity index (χ1) is 6.15. The van der Waals surface area contributed by atoms with Crippen LogP contribution in [0.15, 0.2) is 35.5 Å². The van der Waals surface area contributed by atoms with Gasteiger partial charge >= 0.3 is 0 Å².